The number of sulfonamides is 1. The molecule has 1 aliphatic rings. The fourth-order valence-corrected chi connectivity index (χ4v) is 6.04. The molecule has 1 aliphatic heterocycles. The first-order valence-electron chi connectivity index (χ1n) is 12.3. The Labute approximate surface area is 231 Å². The van der Waals surface area contributed by atoms with Gasteiger partial charge in [0, 0.05) is 50.4 Å². The first-order valence-corrected chi connectivity index (χ1v) is 14.1. The van der Waals surface area contributed by atoms with Crippen molar-refractivity contribution in [1.82, 2.24) is 14.8 Å². The zero-order chi connectivity index (χ0) is 27.6. The van der Waals surface area contributed by atoms with Crippen LogP contribution in [-0.2, 0) is 16.6 Å². The Morgan fingerprint density at radius 2 is 1.82 bits per heavy atom. The molecule has 1 aromatic heterocycles. The number of benzene rings is 3. The highest BCUT2D eigenvalue weighted by molar-refractivity contribution is 7.93. The van der Waals surface area contributed by atoms with Gasteiger partial charge in [0.05, 0.1) is 28.9 Å². The number of nitrogens with zero attached hydrogens (tertiary/aromatic N) is 3. The molecule has 0 atom stereocenters. The van der Waals surface area contributed by atoms with E-state index in [2.05, 4.69) is 14.6 Å². The molecule has 0 bridgehead atoms. The van der Waals surface area contributed by atoms with Crippen molar-refractivity contribution in [3.8, 4) is 5.75 Å². The van der Waals surface area contributed by atoms with Crippen molar-refractivity contribution in [1.29, 1.82) is 0 Å². The van der Waals surface area contributed by atoms with Crippen LogP contribution < -0.4 is 9.46 Å². The number of hydrogen-bond acceptors (Lipinski definition) is 6. The molecule has 0 aliphatic carbocycles. The van der Waals surface area contributed by atoms with Crippen molar-refractivity contribution < 1.29 is 22.3 Å². The van der Waals surface area contributed by atoms with Crippen molar-refractivity contribution >= 4 is 44.1 Å². The number of piperazine rings is 1. The van der Waals surface area contributed by atoms with E-state index < -0.39 is 15.8 Å². The Hall–Kier alpha value is -3.73. The zero-order valence-corrected chi connectivity index (χ0v) is 22.7. The largest absolute Gasteiger partial charge is 0.496 e. The van der Waals surface area contributed by atoms with E-state index in [1.807, 2.05) is 0 Å². The van der Waals surface area contributed by atoms with Gasteiger partial charge in [0.15, 0.2) is 0 Å². The van der Waals surface area contributed by atoms with Gasteiger partial charge < -0.3 is 9.64 Å². The maximum atomic E-state index is 13.4. The third-order valence-corrected chi connectivity index (χ3v) is 8.32. The lowest BCUT2D eigenvalue weighted by Gasteiger charge is -2.35. The van der Waals surface area contributed by atoms with Crippen molar-refractivity contribution in [2.24, 2.45) is 0 Å². The Morgan fingerprint density at radius 3 is 2.56 bits per heavy atom. The number of ether oxygens (including phenoxy) is 1. The maximum absolute atomic E-state index is 13.4. The lowest BCUT2D eigenvalue weighted by atomic mass is 10.1. The van der Waals surface area contributed by atoms with E-state index in [0.29, 0.717) is 49.2 Å². The van der Waals surface area contributed by atoms with Crippen LogP contribution in [0.25, 0.3) is 10.9 Å². The number of anilines is 1. The van der Waals surface area contributed by atoms with Crippen molar-refractivity contribution in [3.05, 3.63) is 94.9 Å². The number of hydrogen-bond donors (Lipinski definition) is 1. The molecular weight excluding hydrogens is 543 g/mol. The van der Waals surface area contributed by atoms with Crippen LogP contribution in [0.3, 0.4) is 0 Å². The average molecular weight is 569 g/mol. The molecule has 1 N–H and O–H groups in total. The molecule has 0 unspecified atom stereocenters. The number of fused-ring (bicyclic) bond motifs is 1. The summed E-state index contributed by atoms with van der Waals surface area (Å²) >= 11 is 5.89. The summed E-state index contributed by atoms with van der Waals surface area (Å²) in [6.45, 7) is 2.88. The number of amides is 1. The van der Waals surface area contributed by atoms with Crippen LogP contribution >= 0.6 is 11.6 Å². The molecule has 0 saturated carbocycles. The van der Waals surface area contributed by atoms with Gasteiger partial charge in [-0.15, -0.1) is 0 Å². The minimum absolute atomic E-state index is 0.0560. The standard InChI is InChI=1S/C28H26ClFN4O4S/c1-38-25-17-21(32-39(36,37)26-6-2-4-20-5-3-11-31-27(20)26)8-9-22(25)28(35)34-14-12-33(13-15-34)18-19-7-10-24(30)23(29)16-19/h2-11,16-17,32H,12-15,18H2,1H3. The number of nitrogens with one attached hydrogen (secondary N) is 1. The van der Waals surface area contributed by atoms with Crippen LogP contribution in [0.1, 0.15) is 15.9 Å². The van der Waals surface area contributed by atoms with Crippen molar-refractivity contribution in [2.75, 3.05) is 38.0 Å². The van der Waals surface area contributed by atoms with Gasteiger partial charge in [0.25, 0.3) is 15.9 Å². The van der Waals surface area contributed by atoms with Gasteiger partial charge in [0.1, 0.15) is 16.5 Å². The molecule has 202 valence electrons. The highest BCUT2D eigenvalue weighted by Gasteiger charge is 2.25. The number of halogens is 2. The molecular formula is C28H26ClFN4O4S. The smallest absolute Gasteiger partial charge is 0.264 e. The maximum Gasteiger partial charge on any atom is 0.264 e. The number of pyridine rings is 1. The fourth-order valence-electron chi connectivity index (χ4n) is 4.61. The molecule has 8 nitrogen and oxygen atoms in total. The van der Waals surface area contributed by atoms with Crippen LogP contribution in [0, 0.1) is 5.82 Å². The Morgan fingerprint density at radius 1 is 1.05 bits per heavy atom. The normalized spacial score (nSPS) is 14.4. The van der Waals surface area contributed by atoms with E-state index in [1.54, 1.807) is 59.6 Å². The zero-order valence-electron chi connectivity index (χ0n) is 21.1. The molecule has 5 rings (SSSR count). The van der Waals surface area contributed by atoms with Gasteiger partial charge in [-0.25, -0.2) is 12.8 Å². The van der Waals surface area contributed by atoms with Gasteiger partial charge in [0.2, 0.25) is 0 Å². The van der Waals surface area contributed by atoms with Crippen LogP contribution in [0.4, 0.5) is 10.1 Å². The van der Waals surface area contributed by atoms with Crippen LogP contribution in [-0.4, -0.2) is 62.4 Å². The second-order valence-corrected chi connectivity index (χ2v) is 11.2. The van der Waals surface area contributed by atoms with Gasteiger partial charge in [-0.05, 0) is 42.0 Å². The second-order valence-electron chi connectivity index (χ2n) is 9.17. The predicted molar refractivity (Wildman–Crippen MR) is 148 cm³/mol. The minimum Gasteiger partial charge on any atom is -0.496 e. The summed E-state index contributed by atoms with van der Waals surface area (Å²) in [5.41, 5.74) is 1.87. The number of carbonyl (C=O) groups is 1. The number of para-hydroxylation sites is 1. The van der Waals surface area contributed by atoms with Crippen LogP contribution in [0.5, 0.6) is 5.75 Å². The molecule has 0 spiro atoms. The Balaban J connectivity index is 1.27. The summed E-state index contributed by atoms with van der Waals surface area (Å²) in [6, 6.07) is 17.8. The first-order chi connectivity index (χ1) is 18.7. The van der Waals surface area contributed by atoms with E-state index in [-0.39, 0.29) is 27.3 Å². The third-order valence-electron chi connectivity index (χ3n) is 6.62. The summed E-state index contributed by atoms with van der Waals surface area (Å²) in [7, 11) is -2.52. The van der Waals surface area contributed by atoms with Crippen molar-refractivity contribution in [3.63, 3.8) is 0 Å². The summed E-state index contributed by atoms with van der Waals surface area (Å²) in [5.74, 6) is -0.391. The molecule has 0 radical (unpaired) electrons. The molecule has 39 heavy (non-hydrogen) atoms. The topological polar surface area (TPSA) is 91.8 Å². The molecule has 11 heteroatoms. The van der Waals surface area contributed by atoms with Crippen LogP contribution in [0.15, 0.2) is 77.8 Å². The van der Waals surface area contributed by atoms with Gasteiger partial charge in [-0.3, -0.25) is 19.4 Å². The summed E-state index contributed by atoms with van der Waals surface area (Å²) in [5, 5.41) is 0.799. The number of carbonyl (C=O) groups excluding carboxylic acids is 1. The number of methoxy groups -OCH3 is 1. The predicted octanol–water partition coefficient (Wildman–Crippen LogP) is 4.79. The first kappa shape index (κ1) is 26.9. The highest BCUT2D eigenvalue weighted by atomic mass is 35.5. The van der Waals surface area contributed by atoms with Gasteiger partial charge >= 0.3 is 0 Å². The minimum atomic E-state index is -3.95. The quantitative estimate of drug-likeness (QED) is 0.344. The lowest BCUT2D eigenvalue weighted by molar-refractivity contribution is 0.0625. The van der Waals surface area contributed by atoms with E-state index in [9.17, 15) is 17.6 Å². The van der Waals surface area contributed by atoms with E-state index >= 15 is 0 Å². The molecule has 1 saturated heterocycles. The molecule has 1 fully saturated rings. The second kappa shape index (κ2) is 11.2. The van der Waals surface area contributed by atoms with E-state index in [1.165, 1.54) is 25.3 Å². The highest BCUT2D eigenvalue weighted by Crippen LogP contribution is 2.28. The van der Waals surface area contributed by atoms with Crippen molar-refractivity contribution in [2.45, 2.75) is 11.4 Å². The van der Waals surface area contributed by atoms with Crippen LogP contribution in [0.2, 0.25) is 5.02 Å². The SMILES string of the molecule is COc1cc(NS(=O)(=O)c2cccc3cccnc23)ccc1C(=O)N1CCN(Cc2ccc(F)c(Cl)c2)CC1. The number of aromatic nitrogens is 1. The summed E-state index contributed by atoms with van der Waals surface area (Å²) in [4.78, 5) is 21.5. The Bertz CT molecular complexity index is 1640. The number of rotatable bonds is 7. The monoisotopic (exact) mass is 568 g/mol. The van der Waals surface area contributed by atoms with E-state index in [4.69, 9.17) is 16.3 Å². The Kier molecular flexibility index (Phi) is 7.69. The fraction of sp³-hybridized carbons (Fsp3) is 0.214. The van der Waals surface area contributed by atoms with Gasteiger partial charge in [-0.1, -0.05) is 35.9 Å². The average Bonchev–Trinajstić information content (AvgIpc) is 2.94. The lowest BCUT2D eigenvalue weighted by Crippen LogP contribution is -2.48. The third kappa shape index (κ3) is 5.83. The van der Waals surface area contributed by atoms with Gasteiger partial charge in [-0.2, -0.15) is 0 Å². The molecule has 3 aromatic carbocycles. The summed E-state index contributed by atoms with van der Waals surface area (Å²) < 4.78 is 47.8. The molecule has 2 heterocycles. The van der Waals surface area contributed by atoms with E-state index in [0.717, 1.165) is 5.56 Å². The molecule has 1 amide bonds. The summed E-state index contributed by atoms with van der Waals surface area (Å²) in [6.07, 6.45) is 1.54. The molecule has 4 aromatic rings.